The van der Waals surface area contributed by atoms with E-state index in [4.69, 9.17) is 4.74 Å². The predicted molar refractivity (Wildman–Crippen MR) is 116 cm³/mol. The number of hydrogen-bond donors (Lipinski definition) is 1. The van der Waals surface area contributed by atoms with Gasteiger partial charge in [0.25, 0.3) is 5.69 Å². The molecular weight excluding hydrogens is 404 g/mol. The summed E-state index contributed by atoms with van der Waals surface area (Å²) in [7, 11) is 0. The molecule has 0 bridgehead atoms. The third kappa shape index (κ3) is 5.18. The number of nitro benzene ring substituents is 1. The summed E-state index contributed by atoms with van der Waals surface area (Å²) < 4.78 is 5.10. The number of esters is 1. The zero-order valence-corrected chi connectivity index (χ0v) is 16.8. The summed E-state index contributed by atoms with van der Waals surface area (Å²) in [5, 5.41) is 13.9. The van der Waals surface area contributed by atoms with Crippen LogP contribution < -0.4 is 5.32 Å². The minimum absolute atomic E-state index is 0.0621. The Morgan fingerprint density at radius 1 is 1.13 bits per heavy atom. The molecule has 2 aromatic carbocycles. The van der Waals surface area contributed by atoms with Gasteiger partial charge >= 0.3 is 5.97 Å². The third-order valence-electron chi connectivity index (χ3n) is 4.03. The fourth-order valence-corrected chi connectivity index (χ4v) is 3.71. The maximum Gasteiger partial charge on any atom is 0.341 e. The largest absolute Gasteiger partial charge is 0.462 e. The van der Waals surface area contributed by atoms with Gasteiger partial charge in [-0.2, -0.15) is 0 Å². The van der Waals surface area contributed by atoms with E-state index in [9.17, 15) is 19.7 Å². The number of amides is 1. The number of anilines is 1. The maximum absolute atomic E-state index is 12.4. The van der Waals surface area contributed by atoms with Crippen molar-refractivity contribution in [3.63, 3.8) is 0 Å². The predicted octanol–water partition coefficient (Wildman–Crippen LogP) is 5.15. The molecule has 8 heteroatoms. The zero-order chi connectivity index (χ0) is 21.5. The fraction of sp³-hybridized carbons (Fsp3) is 0.0909. The van der Waals surface area contributed by atoms with Crippen molar-refractivity contribution in [1.82, 2.24) is 0 Å². The van der Waals surface area contributed by atoms with Crippen LogP contribution in [0.1, 0.15) is 22.8 Å². The number of nitrogens with one attached hydrogen (secondary N) is 1. The van der Waals surface area contributed by atoms with Gasteiger partial charge in [0.15, 0.2) is 0 Å². The molecule has 7 nitrogen and oxygen atoms in total. The summed E-state index contributed by atoms with van der Waals surface area (Å²) in [6, 6.07) is 17.1. The first-order valence-electron chi connectivity index (χ1n) is 9.08. The van der Waals surface area contributed by atoms with Gasteiger partial charge in [-0.05, 0) is 30.2 Å². The first kappa shape index (κ1) is 20.9. The van der Waals surface area contributed by atoms with Gasteiger partial charge in [-0.25, -0.2) is 4.79 Å². The molecule has 0 aliphatic carbocycles. The Bertz CT molecular complexity index is 1110. The van der Waals surface area contributed by atoms with Gasteiger partial charge in [0.1, 0.15) is 5.00 Å². The third-order valence-corrected chi connectivity index (χ3v) is 5.13. The molecular formula is C22H18N2O5S. The molecule has 1 aromatic heterocycles. The van der Waals surface area contributed by atoms with Gasteiger partial charge in [-0.3, -0.25) is 14.9 Å². The number of nitro groups is 1. The Morgan fingerprint density at radius 2 is 1.90 bits per heavy atom. The van der Waals surface area contributed by atoms with Crippen molar-refractivity contribution < 1.29 is 19.2 Å². The molecule has 0 spiro atoms. The molecule has 0 saturated carbocycles. The summed E-state index contributed by atoms with van der Waals surface area (Å²) in [5.41, 5.74) is 1.65. The lowest BCUT2D eigenvalue weighted by Crippen LogP contribution is -2.11. The normalized spacial score (nSPS) is 10.7. The molecule has 1 heterocycles. The number of carbonyl (C=O) groups is 2. The maximum atomic E-state index is 12.4. The Labute approximate surface area is 176 Å². The summed E-state index contributed by atoms with van der Waals surface area (Å²) in [6.07, 6.45) is 2.73. The number of carbonyl (C=O) groups excluding carboxylic acids is 2. The van der Waals surface area contributed by atoms with E-state index in [1.807, 2.05) is 30.3 Å². The first-order valence-corrected chi connectivity index (χ1v) is 9.89. The topological polar surface area (TPSA) is 98.5 Å². The van der Waals surface area contributed by atoms with Crippen molar-refractivity contribution >= 4 is 40.0 Å². The molecule has 30 heavy (non-hydrogen) atoms. The highest BCUT2D eigenvalue weighted by atomic mass is 32.1. The van der Waals surface area contributed by atoms with E-state index in [1.54, 1.807) is 25.1 Å². The Hall–Kier alpha value is -3.78. The second-order valence-corrected chi connectivity index (χ2v) is 7.17. The van der Waals surface area contributed by atoms with E-state index in [1.165, 1.54) is 35.6 Å². The highest BCUT2D eigenvalue weighted by molar-refractivity contribution is 7.20. The molecule has 0 radical (unpaired) electrons. The van der Waals surface area contributed by atoms with Crippen LogP contribution in [0, 0.1) is 10.1 Å². The summed E-state index contributed by atoms with van der Waals surface area (Å²) in [4.78, 5) is 35.9. The summed E-state index contributed by atoms with van der Waals surface area (Å²) in [5.74, 6) is -0.984. The molecule has 0 aliphatic rings. The van der Waals surface area contributed by atoms with Crippen molar-refractivity contribution in [3.8, 4) is 10.4 Å². The Morgan fingerprint density at radius 3 is 2.60 bits per heavy atom. The minimum Gasteiger partial charge on any atom is -0.462 e. The minimum atomic E-state index is -0.520. The van der Waals surface area contributed by atoms with Crippen LogP contribution in [0.2, 0.25) is 0 Å². The van der Waals surface area contributed by atoms with E-state index in [-0.39, 0.29) is 17.9 Å². The van der Waals surface area contributed by atoms with Gasteiger partial charge in [0.05, 0.1) is 17.1 Å². The average molecular weight is 422 g/mol. The molecule has 0 fully saturated rings. The smallest absolute Gasteiger partial charge is 0.341 e. The molecule has 0 unspecified atom stereocenters. The lowest BCUT2D eigenvalue weighted by Gasteiger charge is -2.03. The number of non-ortho nitro benzene ring substituents is 1. The van der Waals surface area contributed by atoms with Crippen molar-refractivity contribution in [2.24, 2.45) is 0 Å². The number of hydrogen-bond acceptors (Lipinski definition) is 6. The summed E-state index contributed by atoms with van der Waals surface area (Å²) >= 11 is 1.27. The fourth-order valence-electron chi connectivity index (χ4n) is 2.66. The standard InChI is InChI=1S/C22H18N2O5S/c1-2-29-22(26)18-14-19(16-8-4-3-5-9-16)30-21(18)23-20(25)12-11-15-7-6-10-17(13-15)24(27)28/h3-14H,2H2,1H3,(H,23,25). The van der Waals surface area contributed by atoms with Crippen LogP contribution in [0.4, 0.5) is 10.7 Å². The number of nitrogens with zero attached hydrogens (tertiary/aromatic N) is 1. The van der Waals surface area contributed by atoms with E-state index in [0.29, 0.717) is 10.6 Å². The molecule has 3 rings (SSSR count). The van der Waals surface area contributed by atoms with Crippen LogP contribution in [0.15, 0.2) is 66.7 Å². The van der Waals surface area contributed by atoms with Crippen LogP contribution >= 0.6 is 11.3 Å². The number of ether oxygens (including phenoxy) is 1. The molecule has 0 aliphatic heterocycles. The molecule has 0 atom stereocenters. The van der Waals surface area contributed by atoms with Gasteiger partial charge in [-0.15, -0.1) is 11.3 Å². The highest BCUT2D eigenvalue weighted by Crippen LogP contribution is 2.36. The van der Waals surface area contributed by atoms with Crippen molar-refractivity contribution in [3.05, 3.63) is 88.0 Å². The molecule has 0 saturated heterocycles. The molecule has 3 aromatic rings. The molecule has 152 valence electrons. The molecule has 1 amide bonds. The van der Waals surface area contributed by atoms with E-state index >= 15 is 0 Å². The van der Waals surface area contributed by atoms with E-state index < -0.39 is 16.8 Å². The van der Waals surface area contributed by atoms with Crippen LogP contribution in [0.3, 0.4) is 0 Å². The quantitative estimate of drug-likeness (QED) is 0.246. The van der Waals surface area contributed by atoms with Crippen molar-refractivity contribution in [1.29, 1.82) is 0 Å². The van der Waals surface area contributed by atoms with Crippen LogP contribution in [-0.4, -0.2) is 23.4 Å². The SMILES string of the molecule is CCOC(=O)c1cc(-c2ccccc2)sc1NC(=O)C=Cc1cccc([N+](=O)[O-])c1. The zero-order valence-electron chi connectivity index (χ0n) is 16.0. The number of benzene rings is 2. The average Bonchev–Trinajstić information content (AvgIpc) is 3.17. The second-order valence-electron chi connectivity index (χ2n) is 6.11. The highest BCUT2D eigenvalue weighted by Gasteiger charge is 2.19. The van der Waals surface area contributed by atoms with E-state index in [2.05, 4.69) is 5.32 Å². The molecule has 1 N–H and O–H groups in total. The van der Waals surface area contributed by atoms with Gasteiger partial charge in [0, 0.05) is 23.1 Å². The summed E-state index contributed by atoms with van der Waals surface area (Å²) in [6.45, 7) is 1.93. The first-order chi connectivity index (χ1) is 14.5. The monoisotopic (exact) mass is 422 g/mol. The van der Waals surface area contributed by atoms with Crippen molar-refractivity contribution in [2.75, 3.05) is 11.9 Å². The lowest BCUT2D eigenvalue weighted by molar-refractivity contribution is -0.384. The number of rotatable bonds is 7. The number of thiophene rings is 1. The van der Waals surface area contributed by atoms with Gasteiger partial charge in [0.2, 0.25) is 5.91 Å². The van der Waals surface area contributed by atoms with Crippen molar-refractivity contribution in [2.45, 2.75) is 6.92 Å². The van der Waals surface area contributed by atoms with E-state index in [0.717, 1.165) is 10.4 Å². The second kappa shape index (κ2) is 9.62. The van der Waals surface area contributed by atoms with Crippen LogP contribution in [0.5, 0.6) is 0 Å². The van der Waals surface area contributed by atoms with Gasteiger partial charge < -0.3 is 10.1 Å². The Kier molecular flexibility index (Phi) is 6.71. The van der Waals surface area contributed by atoms with Crippen LogP contribution in [-0.2, 0) is 9.53 Å². The Balaban J connectivity index is 1.83. The lowest BCUT2D eigenvalue weighted by atomic mass is 10.1. The van der Waals surface area contributed by atoms with Crippen LogP contribution in [0.25, 0.3) is 16.5 Å². The van der Waals surface area contributed by atoms with Gasteiger partial charge in [-0.1, -0.05) is 42.5 Å².